The minimum atomic E-state index is -0.421. The summed E-state index contributed by atoms with van der Waals surface area (Å²) in [4.78, 5) is 11.0. The lowest BCUT2D eigenvalue weighted by molar-refractivity contribution is -0.153. The fourth-order valence-corrected chi connectivity index (χ4v) is 0.429. The molecule has 0 atom stereocenters. The van der Waals surface area contributed by atoms with Crippen LogP contribution in [0.3, 0.4) is 0 Å². The molecule has 0 amide bonds. The Labute approximate surface area is 62.6 Å². The monoisotopic (exact) mass is 143 g/mol. The highest BCUT2D eigenvalue weighted by Gasteiger charge is 2.26. The Morgan fingerprint density at radius 2 is 2.10 bits per heavy atom. The van der Waals surface area contributed by atoms with E-state index in [2.05, 4.69) is 6.92 Å². The van der Waals surface area contributed by atoms with Gasteiger partial charge in [0, 0.05) is 0 Å². The molecule has 0 aliphatic heterocycles. The van der Waals surface area contributed by atoms with Crippen LogP contribution in [-0.4, -0.2) is 12.6 Å². The van der Waals surface area contributed by atoms with Gasteiger partial charge in [-0.3, -0.25) is 4.79 Å². The maximum absolute atomic E-state index is 11.0. The summed E-state index contributed by atoms with van der Waals surface area (Å²) < 4.78 is 4.82. The summed E-state index contributed by atoms with van der Waals surface area (Å²) in [6, 6.07) is 0. The fourth-order valence-electron chi connectivity index (χ4n) is 0.429. The zero-order valence-electron chi connectivity index (χ0n) is 6.94. The van der Waals surface area contributed by atoms with Crippen LogP contribution in [0.1, 0.15) is 27.2 Å². The third-order valence-corrected chi connectivity index (χ3v) is 1.45. The number of esters is 1. The molecule has 0 N–H and O–H groups in total. The molecule has 2 nitrogen and oxygen atoms in total. The lowest BCUT2D eigenvalue weighted by Gasteiger charge is -2.19. The second kappa shape index (κ2) is 3.59. The number of ether oxygens (including phenoxy) is 1. The molecule has 0 heterocycles. The van der Waals surface area contributed by atoms with Crippen molar-refractivity contribution >= 4 is 5.97 Å². The Hall–Kier alpha value is -0.530. The Bertz CT molecular complexity index is 116. The van der Waals surface area contributed by atoms with Crippen LogP contribution in [-0.2, 0) is 9.53 Å². The first-order valence-corrected chi connectivity index (χ1v) is 3.51. The molecule has 0 aliphatic carbocycles. The third-order valence-electron chi connectivity index (χ3n) is 1.45. The lowest BCUT2D eigenvalue weighted by atomic mass is 9.91. The van der Waals surface area contributed by atoms with Gasteiger partial charge in [0.05, 0.1) is 12.0 Å². The normalized spacial score (nSPS) is 11.2. The predicted octanol–water partition coefficient (Wildman–Crippen LogP) is 1.80. The molecule has 10 heavy (non-hydrogen) atoms. The minimum Gasteiger partial charge on any atom is -0.466 e. The largest absolute Gasteiger partial charge is 0.466 e. The zero-order valence-corrected chi connectivity index (χ0v) is 6.94. The molecule has 0 fully saturated rings. The van der Waals surface area contributed by atoms with Gasteiger partial charge >= 0.3 is 5.97 Å². The maximum Gasteiger partial charge on any atom is 0.311 e. The number of hydrogen-bond donors (Lipinski definition) is 0. The Balaban J connectivity index is 3.91. The van der Waals surface area contributed by atoms with Crippen LogP contribution >= 0.6 is 0 Å². The summed E-state index contributed by atoms with van der Waals surface area (Å²) in [5, 5.41) is 0. The number of hydrogen-bond acceptors (Lipinski definition) is 2. The molecule has 0 saturated heterocycles. The average molecular weight is 143 g/mol. The van der Waals surface area contributed by atoms with Gasteiger partial charge in [-0.1, -0.05) is 6.92 Å². The first kappa shape index (κ1) is 9.47. The van der Waals surface area contributed by atoms with E-state index in [4.69, 9.17) is 4.74 Å². The van der Waals surface area contributed by atoms with Crippen molar-refractivity contribution in [2.45, 2.75) is 27.2 Å². The van der Waals surface area contributed by atoms with Gasteiger partial charge in [-0.05, 0) is 27.2 Å². The zero-order chi connectivity index (χ0) is 8.20. The van der Waals surface area contributed by atoms with Crippen LogP contribution in [0.4, 0.5) is 0 Å². The molecule has 0 aliphatic rings. The van der Waals surface area contributed by atoms with E-state index < -0.39 is 5.41 Å². The topological polar surface area (TPSA) is 26.3 Å². The van der Waals surface area contributed by atoms with Crippen molar-refractivity contribution < 1.29 is 9.53 Å². The van der Waals surface area contributed by atoms with Gasteiger partial charge in [-0.15, -0.1) is 0 Å². The number of carbonyl (C=O) groups is 1. The van der Waals surface area contributed by atoms with E-state index in [1.165, 1.54) is 0 Å². The van der Waals surface area contributed by atoms with Gasteiger partial charge in [0.15, 0.2) is 0 Å². The highest BCUT2D eigenvalue weighted by atomic mass is 16.5. The van der Waals surface area contributed by atoms with E-state index in [0.717, 1.165) is 0 Å². The predicted molar refractivity (Wildman–Crippen MR) is 40.4 cm³/mol. The molecule has 59 valence electrons. The smallest absolute Gasteiger partial charge is 0.311 e. The summed E-state index contributed by atoms with van der Waals surface area (Å²) in [7, 11) is 0. The summed E-state index contributed by atoms with van der Waals surface area (Å²) >= 11 is 0. The molecule has 2 heteroatoms. The molecule has 0 rings (SSSR count). The molecular weight excluding hydrogens is 128 g/mol. The van der Waals surface area contributed by atoms with Gasteiger partial charge in [0.25, 0.3) is 0 Å². The fraction of sp³-hybridized carbons (Fsp3) is 0.750. The standard InChI is InChI=1S/C8H15O2/c1-5-8(3,4)7(9)10-6-2/h1,5-6H2,2-4H3. The first-order chi connectivity index (χ1) is 4.54. The van der Waals surface area contributed by atoms with Crippen LogP contribution in [0, 0.1) is 12.3 Å². The lowest BCUT2D eigenvalue weighted by Crippen LogP contribution is -2.25. The van der Waals surface area contributed by atoms with Crippen molar-refractivity contribution in [2.24, 2.45) is 5.41 Å². The maximum atomic E-state index is 11.0. The molecular formula is C8H15O2. The quantitative estimate of drug-likeness (QED) is 0.563. The molecule has 0 aromatic carbocycles. The summed E-state index contributed by atoms with van der Waals surface area (Å²) in [6.07, 6.45) is 0.575. The van der Waals surface area contributed by atoms with Crippen LogP contribution in [0.15, 0.2) is 0 Å². The summed E-state index contributed by atoms with van der Waals surface area (Å²) in [6.45, 7) is 9.57. The van der Waals surface area contributed by atoms with Crippen LogP contribution < -0.4 is 0 Å². The second-order valence-corrected chi connectivity index (χ2v) is 2.85. The molecule has 0 bridgehead atoms. The highest BCUT2D eigenvalue weighted by Crippen LogP contribution is 2.20. The summed E-state index contributed by atoms with van der Waals surface area (Å²) in [5.41, 5.74) is -0.421. The van der Waals surface area contributed by atoms with Crippen molar-refractivity contribution in [1.82, 2.24) is 0 Å². The van der Waals surface area contributed by atoms with Gasteiger partial charge < -0.3 is 4.74 Å². The summed E-state index contributed by atoms with van der Waals surface area (Å²) in [5.74, 6) is -0.162. The van der Waals surface area contributed by atoms with Gasteiger partial charge in [0.1, 0.15) is 0 Å². The molecule has 0 saturated carbocycles. The van der Waals surface area contributed by atoms with E-state index >= 15 is 0 Å². The molecule has 0 spiro atoms. The van der Waals surface area contributed by atoms with Crippen molar-refractivity contribution in [3.63, 3.8) is 0 Å². The van der Waals surface area contributed by atoms with Gasteiger partial charge in [0.2, 0.25) is 0 Å². The van der Waals surface area contributed by atoms with Crippen molar-refractivity contribution in [1.29, 1.82) is 0 Å². The van der Waals surface area contributed by atoms with Crippen LogP contribution in [0.5, 0.6) is 0 Å². The van der Waals surface area contributed by atoms with E-state index in [1.54, 1.807) is 6.92 Å². The van der Waals surface area contributed by atoms with E-state index in [-0.39, 0.29) is 5.97 Å². The van der Waals surface area contributed by atoms with Gasteiger partial charge in [-0.2, -0.15) is 0 Å². The van der Waals surface area contributed by atoms with Crippen molar-refractivity contribution in [2.75, 3.05) is 6.61 Å². The van der Waals surface area contributed by atoms with E-state index in [0.29, 0.717) is 13.0 Å². The third kappa shape index (κ3) is 2.38. The van der Waals surface area contributed by atoms with Crippen molar-refractivity contribution in [3.8, 4) is 0 Å². The second-order valence-electron chi connectivity index (χ2n) is 2.85. The molecule has 0 aromatic rings. The number of carbonyl (C=O) groups excluding carboxylic acids is 1. The number of rotatable bonds is 3. The Morgan fingerprint density at radius 1 is 1.60 bits per heavy atom. The van der Waals surface area contributed by atoms with E-state index in [1.807, 2.05) is 13.8 Å². The highest BCUT2D eigenvalue weighted by molar-refractivity contribution is 5.75. The Morgan fingerprint density at radius 3 is 2.40 bits per heavy atom. The minimum absolute atomic E-state index is 0.162. The van der Waals surface area contributed by atoms with Gasteiger partial charge in [-0.25, -0.2) is 0 Å². The van der Waals surface area contributed by atoms with Crippen LogP contribution in [0.2, 0.25) is 0 Å². The first-order valence-electron chi connectivity index (χ1n) is 3.51. The molecule has 0 aromatic heterocycles. The average Bonchev–Trinajstić information content (AvgIpc) is 1.89. The molecule has 1 radical (unpaired) electrons. The van der Waals surface area contributed by atoms with Crippen LogP contribution in [0.25, 0.3) is 0 Å². The molecule has 0 unspecified atom stereocenters. The SMILES string of the molecule is [CH2]CC(C)(C)C(=O)OCC. The van der Waals surface area contributed by atoms with Crippen molar-refractivity contribution in [3.05, 3.63) is 6.92 Å². The Kier molecular flexibility index (Phi) is 3.40. The van der Waals surface area contributed by atoms with E-state index in [9.17, 15) is 4.79 Å².